The van der Waals surface area contributed by atoms with E-state index in [-0.39, 0.29) is 0 Å². The Hall–Kier alpha value is -2.32. The van der Waals surface area contributed by atoms with Crippen molar-refractivity contribution in [1.82, 2.24) is 4.98 Å². The highest BCUT2D eigenvalue weighted by atomic mass is 35.5. The predicted octanol–water partition coefficient (Wildman–Crippen LogP) is 6.19. The van der Waals surface area contributed by atoms with E-state index in [1.807, 2.05) is 35.7 Å². The minimum absolute atomic E-state index is 0.475. The van der Waals surface area contributed by atoms with Gasteiger partial charge in [-0.1, -0.05) is 41.4 Å². The Bertz CT molecular complexity index is 972. The van der Waals surface area contributed by atoms with Crippen molar-refractivity contribution < 1.29 is 4.74 Å². The van der Waals surface area contributed by atoms with E-state index >= 15 is 0 Å². The van der Waals surface area contributed by atoms with Gasteiger partial charge in [0.25, 0.3) is 0 Å². The molecule has 3 rings (SSSR count). The largest absolute Gasteiger partial charge is 0.497 e. The Morgan fingerprint density at radius 3 is 2.56 bits per heavy atom. The molecule has 0 unspecified atom stereocenters. The summed E-state index contributed by atoms with van der Waals surface area (Å²) in [5, 5.41) is 13.0. The van der Waals surface area contributed by atoms with Crippen LogP contribution in [0.4, 0.5) is 0 Å². The molecule has 124 valence electrons. The third-order valence-corrected chi connectivity index (χ3v) is 5.11. The van der Waals surface area contributed by atoms with E-state index in [2.05, 4.69) is 11.1 Å². The minimum Gasteiger partial charge on any atom is -0.497 e. The lowest BCUT2D eigenvalue weighted by molar-refractivity contribution is 0.415. The summed E-state index contributed by atoms with van der Waals surface area (Å²) in [7, 11) is 1.62. The first-order valence-electron chi connectivity index (χ1n) is 7.28. The average Bonchev–Trinajstić information content (AvgIpc) is 3.12. The van der Waals surface area contributed by atoms with E-state index in [0.717, 1.165) is 22.6 Å². The molecule has 0 N–H and O–H groups in total. The fourth-order valence-electron chi connectivity index (χ4n) is 2.19. The van der Waals surface area contributed by atoms with Gasteiger partial charge >= 0.3 is 0 Å². The molecule has 3 aromatic rings. The first kappa shape index (κ1) is 17.5. The van der Waals surface area contributed by atoms with Crippen LogP contribution in [0.25, 0.3) is 22.9 Å². The van der Waals surface area contributed by atoms with Crippen LogP contribution in [-0.2, 0) is 0 Å². The molecule has 0 aliphatic carbocycles. The molecule has 0 aliphatic rings. The zero-order valence-electron chi connectivity index (χ0n) is 13.2. The normalized spacial score (nSPS) is 11.2. The van der Waals surface area contributed by atoms with Crippen molar-refractivity contribution in [3.8, 4) is 23.1 Å². The van der Waals surface area contributed by atoms with Crippen molar-refractivity contribution in [3.05, 3.63) is 68.5 Å². The molecule has 0 atom stereocenters. The maximum absolute atomic E-state index is 9.49. The molecule has 25 heavy (non-hydrogen) atoms. The van der Waals surface area contributed by atoms with E-state index in [1.165, 1.54) is 11.3 Å². The summed E-state index contributed by atoms with van der Waals surface area (Å²) in [6.45, 7) is 0. The number of allylic oxidation sites excluding steroid dienone is 1. The van der Waals surface area contributed by atoms with E-state index in [9.17, 15) is 5.26 Å². The van der Waals surface area contributed by atoms with Gasteiger partial charge in [0.1, 0.15) is 16.8 Å². The lowest BCUT2D eigenvalue weighted by Crippen LogP contribution is -1.84. The van der Waals surface area contributed by atoms with Gasteiger partial charge in [0.2, 0.25) is 0 Å². The second-order valence-corrected chi connectivity index (χ2v) is 6.78. The van der Waals surface area contributed by atoms with Gasteiger partial charge in [-0.05, 0) is 35.9 Å². The Labute approximate surface area is 159 Å². The van der Waals surface area contributed by atoms with Crippen LogP contribution in [0.3, 0.4) is 0 Å². The summed E-state index contributed by atoms with van der Waals surface area (Å²) in [6, 6.07) is 15.1. The standard InChI is InChI=1S/C19H12Cl2N2OS/c1-24-15-5-2-12(3-6-15)8-14(10-22)19-23-18(11-25-19)13-4-7-16(20)17(21)9-13/h2-9,11H,1H3/b14-8+. The van der Waals surface area contributed by atoms with Crippen molar-refractivity contribution in [2.45, 2.75) is 0 Å². The second kappa shape index (κ2) is 7.71. The lowest BCUT2D eigenvalue weighted by atomic mass is 10.1. The molecule has 2 aromatic carbocycles. The Balaban J connectivity index is 1.91. The summed E-state index contributed by atoms with van der Waals surface area (Å²) in [5.41, 5.74) is 3.03. The van der Waals surface area contributed by atoms with Gasteiger partial charge in [-0.3, -0.25) is 0 Å². The molecule has 3 nitrogen and oxygen atoms in total. The van der Waals surface area contributed by atoms with Gasteiger partial charge in [-0.2, -0.15) is 5.26 Å². The van der Waals surface area contributed by atoms with Crippen LogP contribution in [0.2, 0.25) is 10.0 Å². The maximum Gasteiger partial charge on any atom is 0.134 e. The molecule has 0 amide bonds. The Kier molecular flexibility index (Phi) is 5.40. The summed E-state index contributed by atoms with van der Waals surface area (Å²) in [4.78, 5) is 4.55. The van der Waals surface area contributed by atoms with Crippen molar-refractivity contribution in [1.29, 1.82) is 5.26 Å². The highest BCUT2D eigenvalue weighted by molar-refractivity contribution is 7.11. The predicted molar refractivity (Wildman–Crippen MR) is 104 cm³/mol. The molecule has 1 aromatic heterocycles. The van der Waals surface area contributed by atoms with Crippen LogP contribution in [0.15, 0.2) is 47.8 Å². The average molecular weight is 387 g/mol. The van der Waals surface area contributed by atoms with E-state index < -0.39 is 0 Å². The highest BCUT2D eigenvalue weighted by Crippen LogP contribution is 2.31. The van der Waals surface area contributed by atoms with Crippen LogP contribution in [0.1, 0.15) is 10.6 Å². The molecule has 0 aliphatic heterocycles. The van der Waals surface area contributed by atoms with Crippen molar-refractivity contribution in [2.24, 2.45) is 0 Å². The number of ether oxygens (including phenoxy) is 1. The first-order chi connectivity index (χ1) is 12.1. The van der Waals surface area contributed by atoms with Gasteiger partial charge < -0.3 is 4.74 Å². The number of hydrogen-bond acceptors (Lipinski definition) is 4. The molecule has 0 fully saturated rings. The summed E-state index contributed by atoms with van der Waals surface area (Å²) in [5.74, 6) is 0.770. The zero-order chi connectivity index (χ0) is 17.8. The van der Waals surface area contributed by atoms with Crippen LogP contribution >= 0.6 is 34.5 Å². The van der Waals surface area contributed by atoms with Crippen molar-refractivity contribution >= 4 is 46.2 Å². The van der Waals surface area contributed by atoms with E-state index in [1.54, 1.807) is 25.3 Å². The quantitative estimate of drug-likeness (QED) is 0.502. The van der Waals surface area contributed by atoms with E-state index in [0.29, 0.717) is 20.6 Å². The molecule has 0 saturated carbocycles. The number of nitriles is 1. The first-order valence-corrected chi connectivity index (χ1v) is 8.91. The van der Waals surface area contributed by atoms with E-state index in [4.69, 9.17) is 27.9 Å². The van der Waals surface area contributed by atoms with Crippen LogP contribution in [-0.4, -0.2) is 12.1 Å². The molecular formula is C19H12Cl2N2OS. The van der Waals surface area contributed by atoms with Gasteiger partial charge in [-0.15, -0.1) is 11.3 Å². The minimum atomic E-state index is 0.475. The number of rotatable bonds is 4. The molecular weight excluding hydrogens is 375 g/mol. The fourth-order valence-corrected chi connectivity index (χ4v) is 3.29. The second-order valence-electron chi connectivity index (χ2n) is 5.11. The number of halogens is 2. The molecule has 0 radical (unpaired) electrons. The summed E-state index contributed by atoms with van der Waals surface area (Å²) < 4.78 is 5.14. The van der Waals surface area contributed by atoms with Crippen molar-refractivity contribution in [3.63, 3.8) is 0 Å². The molecule has 6 heteroatoms. The number of thiazole rings is 1. The van der Waals surface area contributed by atoms with Crippen LogP contribution in [0.5, 0.6) is 5.75 Å². The van der Waals surface area contributed by atoms with Gasteiger partial charge in [0.15, 0.2) is 0 Å². The van der Waals surface area contributed by atoms with Crippen LogP contribution < -0.4 is 4.74 Å². The maximum atomic E-state index is 9.49. The number of methoxy groups -OCH3 is 1. The highest BCUT2D eigenvalue weighted by Gasteiger charge is 2.10. The molecule has 1 heterocycles. The zero-order valence-corrected chi connectivity index (χ0v) is 15.5. The van der Waals surface area contributed by atoms with Crippen molar-refractivity contribution in [2.75, 3.05) is 7.11 Å². The topological polar surface area (TPSA) is 45.9 Å². The summed E-state index contributed by atoms with van der Waals surface area (Å²) >= 11 is 13.4. The van der Waals surface area contributed by atoms with Gasteiger partial charge in [-0.25, -0.2) is 4.98 Å². The third-order valence-electron chi connectivity index (χ3n) is 3.50. The number of aromatic nitrogens is 1. The lowest BCUT2D eigenvalue weighted by Gasteiger charge is -2.00. The van der Waals surface area contributed by atoms with Gasteiger partial charge in [0, 0.05) is 10.9 Å². The monoisotopic (exact) mass is 386 g/mol. The number of nitrogens with zero attached hydrogens (tertiary/aromatic N) is 2. The summed E-state index contributed by atoms with van der Waals surface area (Å²) in [6.07, 6.45) is 1.80. The SMILES string of the molecule is COc1ccc(/C=C(\C#N)c2nc(-c3ccc(Cl)c(Cl)c3)cs2)cc1. The molecule has 0 bridgehead atoms. The Morgan fingerprint density at radius 2 is 1.92 bits per heavy atom. The number of hydrogen-bond donors (Lipinski definition) is 0. The smallest absolute Gasteiger partial charge is 0.134 e. The third kappa shape index (κ3) is 4.02. The van der Waals surface area contributed by atoms with Crippen LogP contribution in [0, 0.1) is 11.3 Å². The van der Waals surface area contributed by atoms with Gasteiger partial charge in [0.05, 0.1) is 28.4 Å². The number of benzene rings is 2. The molecule has 0 spiro atoms. The molecule has 0 saturated heterocycles. The fraction of sp³-hybridized carbons (Fsp3) is 0.0526. The Morgan fingerprint density at radius 1 is 1.16 bits per heavy atom.